The molecule has 1 heterocycles. The molecule has 1 aliphatic rings. The number of rotatable bonds is 5. The van der Waals surface area contributed by atoms with Crippen LogP contribution < -0.4 is 5.56 Å². The number of hydrogen-bond donors (Lipinski definition) is 1. The van der Waals surface area contributed by atoms with Crippen molar-refractivity contribution in [3.05, 3.63) is 22.1 Å². The largest absolute Gasteiger partial charge is 0.299 e. The highest BCUT2D eigenvalue weighted by Gasteiger charge is 2.26. The van der Waals surface area contributed by atoms with E-state index in [1.54, 1.807) is 13.0 Å². The van der Waals surface area contributed by atoms with Crippen LogP contribution in [-0.2, 0) is 16.4 Å². The highest BCUT2D eigenvalue weighted by Crippen LogP contribution is 2.38. The van der Waals surface area contributed by atoms with E-state index in [1.807, 2.05) is 0 Å². The highest BCUT2D eigenvalue weighted by molar-refractivity contribution is 7.91. The van der Waals surface area contributed by atoms with Crippen molar-refractivity contribution < 1.29 is 8.42 Å². The molecule has 1 fully saturated rings. The van der Waals surface area contributed by atoms with Crippen LogP contribution >= 0.6 is 0 Å². The topological polar surface area (TPSA) is 71.9 Å². The van der Waals surface area contributed by atoms with Crippen LogP contribution in [0.4, 0.5) is 0 Å². The molecule has 1 aliphatic carbocycles. The van der Waals surface area contributed by atoms with Gasteiger partial charge in [0.2, 0.25) is 0 Å². The van der Waals surface area contributed by atoms with Gasteiger partial charge in [-0.2, -0.15) is 0 Å². The molecule has 1 aromatic rings. The smallest absolute Gasteiger partial charge is 0.266 e. The molecule has 0 amide bonds. The molecule has 0 atom stereocenters. The Bertz CT molecular complexity index is 523. The number of nitrogens with one attached hydrogen (secondary N) is 1. The van der Waals surface area contributed by atoms with Gasteiger partial charge in [-0.25, -0.2) is 8.42 Å². The maximum atomic E-state index is 11.5. The first-order valence-electron chi connectivity index (χ1n) is 5.52. The van der Waals surface area contributed by atoms with E-state index in [4.69, 9.17) is 0 Å². The van der Waals surface area contributed by atoms with Crippen molar-refractivity contribution >= 4 is 9.84 Å². The van der Waals surface area contributed by atoms with Crippen molar-refractivity contribution in [3.63, 3.8) is 0 Å². The number of aryl methyl sites for hydroxylation is 1. The molecule has 0 unspecified atom stereocenters. The van der Waals surface area contributed by atoms with Crippen molar-refractivity contribution in [2.24, 2.45) is 0 Å². The molecular weight excluding hydrogens is 228 g/mol. The first-order valence-corrected chi connectivity index (χ1v) is 7.34. The molecule has 0 spiro atoms. The second-order valence-electron chi connectivity index (χ2n) is 4.21. The molecule has 1 N–H and O–H groups in total. The zero-order chi connectivity index (χ0) is 11.8. The minimum absolute atomic E-state index is 0.0219. The number of hydrogen-bond acceptors (Lipinski definition) is 3. The summed E-state index contributed by atoms with van der Waals surface area (Å²) < 4.78 is 24.0. The van der Waals surface area contributed by atoms with E-state index in [2.05, 4.69) is 5.10 Å². The first kappa shape index (κ1) is 11.4. The van der Waals surface area contributed by atoms with E-state index in [-0.39, 0.29) is 23.6 Å². The Morgan fingerprint density at radius 3 is 2.75 bits per heavy atom. The molecular formula is C10H16N2O3S. The number of H-pyrrole nitrogens is 1. The third kappa shape index (κ3) is 2.55. The summed E-state index contributed by atoms with van der Waals surface area (Å²) in [6.07, 6.45) is 2.24. The molecule has 6 heteroatoms. The second-order valence-corrected chi connectivity index (χ2v) is 6.68. The Morgan fingerprint density at radius 1 is 1.50 bits per heavy atom. The van der Waals surface area contributed by atoms with E-state index < -0.39 is 9.84 Å². The molecule has 5 nitrogen and oxygen atoms in total. The van der Waals surface area contributed by atoms with Gasteiger partial charge in [0.1, 0.15) is 0 Å². The Hall–Kier alpha value is -1.04. The summed E-state index contributed by atoms with van der Waals surface area (Å²) in [7, 11) is -3.01. The third-order valence-electron chi connectivity index (χ3n) is 2.89. The normalized spacial score (nSPS) is 16.6. The van der Waals surface area contributed by atoms with E-state index in [9.17, 15) is 13.2 Å². The molecule has 90 valence electrons. The molecule has 0 radical (unpaired) electrons. The Kier molecular flexibility index (Phi) is 2.92. The van der Waals surface area contributed by atoms with Crippen molar-refractivity contribution in [2.45, 2.75) is 32.2 Å². The van der Waals surface area contributed by atoms with Crippen LogP contribution in [0.3, 0.4) is 0 Å². The Balaban J connectivity index is 2.07. The number of nitrogens with zero attached hydrogens (tertiary/aromatic N) is 1. The summed E-state index contributed by atoms with van der Waals surface area (Å²) in [4.78, 5) is 11.5. The van der Waals surface area contributed by atoms with Gasteiger partial charge in [-0.15, -0.1) is 0 Å². The monoisotopic (exact) mass is 244 g/mol. The van der Waals surface area contributed by atoms with Gasteiger partial charge in [0.25, 0.3) is 5.56 Å². The second kappa shape index (κ2) is 4.08. The summed E-state index contributed by atoms with van der Waals surface area (Å²) in [5.74, 6) is 0.628. The quantitative estimate of drug-likeness (QED) is 0.819. The summed E-state index contributed by atoms with van der Waals surface area (Å²) in [6.45, 7) is 1.84. The van der Waals surface area contributed by atoms with Crippen LogP contribution in [0.5, 0.6) is 0 Å². The SMILES string of the molecule is CCS(=O)(=O)CCn1[nH]c(C2CC2)cc1=O. The summed E-state index contributed by atoms with van der Waals surface area (Å²) >= 11 is 0. The van der Waals surface area contributed by atoms with Crippen LogP contribution in [0.25, 0.3) is 0 Å². The fourth-order valence-electron chi connectivity index (χ4n) is 1.60. The molecule has 0 aromatic carbocycles. The zero-order valence-corrected chi connectivity index (χ0v) is 10.1. The number of aromatic amines is 1. The summed E-state index contributed by atoms with van der Waals surface area (Å²) in [5.41, 5.74) is 0.812. The van der Waals surface area contributed by atoms with E-state index in [1.165, 1.54) is 4.68 Å². The highest BCUT2D eigenvalue weighted by atomic mass is 32.2. The van der Waals surface area contributed by atoms with Gasteiger partial charge < -0.3 is 0 Å². The minimum atomic E-state index is -3.01. The maximum absolute atomic E-state index is 11.5. The van der Waals surface area contributed by atoms with Gasteiger partial charge in [0.15, 0.2) is 9.84 Å². The molecule has 16 heavy (non-hydrogen) atoms. The lowest BCUT2D eigenvalue weighted by Crippen LogP contribution is -2.22. The molecule has 0 saturated heterocycles. The number of aromatic nitrogens is 2. The van der Waals surface area contributed by atoms with Crippen molar-refractivity contribution in [1.82, 2.24) is 9.78 Å². The van der Waals surface area contributed by atoms with Gasteiger partial charge in [-0.05, 0) is 12.8 Å². The average Bonchev–Trinajstić information content (AvgIpc) is 3.01. The minimum Gasteiger partial charge on any atom is -0.299 e. The Morgan fingerprint density at radius 2 is 2.19 bits per heavy atom. The van der Waals surface area contributed by atoms with Crippen molar-refractivity contribution in [2.75, 3.05) is 11.5 Å². The zero-order valence-electron chi connectivity index (χ0n) is 9.27. The predicted molar refractivity (Wildman–Crippen MR) is 61.4 cm³/mol. The van der Waals surface area contributed by atoms with Crippen molar-refractivity contribution in [1.29, 1.82) is 0 Å². The molecule has 1 aromatic heterocycles. The van der Waals surface area contributed by atoms with Gasteiger partial charge in [0, 0.05) is 23.4 Å². The Labute approximate surface area is 94.4 Å². The lowest BCUT2D eigenvalue weighted by atomic mass is 10.3. The lowest BCUT2D eigenvalue weighted by Gasteiger charge is -2.02. The van der Waals surface area contributed by atoms with Crippen LogP contribution in [0, 0.1) is 0 Å². The molecule has 1 saturated carbocycles. The van der Waals surface area contributed by atoms with E-state index >= 15 is 0 Å². The fraction of sp³-hybridized carbons (Fsp3) is 0.700. The first-order chi connectivity index (χ1) is 7.52. The maximum Gasteiger partial charge on any atom is 0.266 e. The third-order valence-corrected chi connectivity index (χ3v) is 4.58. The van der Waals surface area contributed by atoms with Gasteiger partial charge in [-0.3, -0.25) is 14.6 Å². The van der Waals surface area contributed by atoms with Gasteiger partial charge in [-0.1, -0.05) is 6.92 Å². The van der Waals surface area contributed by atoms with Crippen LogP contribution in [0.1, 0.15) is 31.4 Å². The molecule has 2 rings (SSSR count). The van der Waals surface area contributed by atoms with Gasteiger partial charge in [0.05, 0.1) is 12.3 Å². The fourth-order valence-corrected chi connectivity index (χ4v) is 2.35. The van der Waals surface area contributed by atoms with Crippen molar-refractivity contribution in [3.8, 4) is 0 Å². The summed E-state index contributed by atoms with van der Waals surface area (Å²) in [6, 6.07) is 1.58. The predicted octanol–water partition coefficient (Wildman–Crippen LogP) is 0.488. The van der Waals surface area contributed by atoms with E-state index in [0.29, 0.717) is 5.92 Å². The standard InChI is InChI=1S/C10H16N2O3S/c1-2-16(14,15)6-5-12-10(13)7-9(11-12)8-3-4-8/h7-8,11H,2-6H2,1H3. The van der Waals surface area contributed by atoms with Crippen LogP contribution in [0.15, 0.2) is 10.9 Å². The van der Waals surface area contributed by atoms with Crippen LogP contribution in [0.2, 0.25) is 0 Å². The molecule has 0 aliphatic heterocycles. The lowest BCUT2D eigenvalue weighted by molar-refractivity contribution is 0.575. The average molecular weight is 244 g/mol. The van der Waals surface area contributed by atoms with Gasteiger partial charge >= 0.3 is 0 Å². The van der Waals surface area contributed by atoms with E-state index in [0.717, 1.165) is 18.5 Å². The molecule has 0 bridgehead atoms. The summed E-state index contributed by atoms with van der Waals surface area (Å²) in [5, 5.41) is 2.98. The number of sulfone groups is 1. The van der Waals surface area contributed by atoms with Crippen LogP contribution in [-0.4, -0.2) is 29.7 Å².